The van der Waals surface area contributed by atoms with Gasteiger partial charge in [-0.1, -0.05) is 12.1 Å². The van der Waals surface area contributed by atoms with Gasteiger partial charge in [0, 0.05) is 10.9 Å². The average Bonchev–Trinajstić information content (AvgIpc) is 2.98. The Morgan fingerprint density at radius 3 is 2.74 bits per heavy atom. The minimum Gasteiger partial charge on any atom is -0.469 e. The first-order valence-electron chi connectivity index (χ1n) is 6.09. The molecule has 0 fully saturated rings. The van der Waals surface area contributed by atoms with E-state index in [1.807, 2.05) is 32.2 Å². The number of para-hydroxylation sites is 1. The molecule has 0 aliphatic heterocycles. The lowest BCUT2D eigenvalue weighted by molar-refractivity contribution is 0.471. The quantitative estimate of drug-likeness (QED) is 0.777. The van der Waals surface area contributed by atoms with Crippen LogP contribution in [0.4, 0.5) is 4.39 Å². The van der Waals surface area contributed by atoms with Gasteiger partial charge in [0.1, 0.15) is 11.5 Å². The zero-order chi connectivity index (χ0) is 13.4. The van der Waals surface area contributed by atoms with Crippen LogP contribution in [0, 0.1) is 12.7 Å². The van der Waals surface area contributed by atoms with Gasteiger partial charge in [0.15, 0.2) is 11.4 Å². The first-order chi connectivity index (χ1) is 9.19. The van der Waals surface area contributed by atoms with Gasteiger partial charge in [-0.3, -0.25) is 0 Å². The van der Waals surface area contributed by atoms with E-state index >= 15 is 0 Å². The van der Waals surface area contributed by atoms with Crippen LogP contribution in [0.5, 0.6) is 0 Å². The number of fused-ring (bicyclic) bond motifs is 1. The SMILES string of the molecule is CNC(c1coc(C)c1)c1cc2cccc(F)c2o1. The van der Waals surface area contributed by atoms with Gasteiger partial charge in [-0.2, -0.15) is 0 Å². The summed E-state index contributed by atoms with van der Waals surface area (Å²) >= 11 is 0. The van der Waals surface area contributed by atoms with E-state index in [0.29, 0.717) is 5.76 Å². The fourth-order valence-electron chi connectivity index (χ4n) is 2.28. The van der Waals surface area contributed by atoms with Crippen LogP contribution >= 0.6 is 0 Å². The minimum atomic E-state index is -0.345. The van der Waals surface area contributed by atoms with Crippen molar-refractivity contribution in [3.63, 3.8) is 0 Å². The molecule has 2 aromatic heterocycles. The second-order valence-electron chi connectivity index (χ2n) is 4.52. The Labute approximate surface area is 110 Å². The van der Waals surface area contributed by atoms with Crippen molar-refractivity contribution in [2.45, 2.75) is 13.0 Å². The van der Waals surface area contributed by atoms with E-state index in [9.17, 15) is 4.39 Å². The molecule has 98 valence electrons. The van der Waals surface area contributed by atoms with Gasteiger partial charge in [0.05, 0.1) is 12.3 Å². The molecule has 4 heteroatoms. The van der Waals surface area contributed by atoms with Crippen molar-refractivity contribution in [3.05, 3.63) is 59.5 Å². The third kappa shape index (κ3) is 2.04. The molecule has 1 atom stereocenters. The highest BCUT2D eigenvalue weighted by atomic mass is 19.1. The summed E-state index contributed by atoms with van der Waals surface area (Å²) in [6.45, 7) is 1.88. The van der Waals surface area contributed by atoms with Crippen molar-refractivity contribution in [1.82, 2.24) is 5.32 Å². The maximum absolute atomic E-state index is 13.6. The molecule has 1 unspecified atom stereocenters. The molecule has 0 radical (unpaired) electrons. The Morgan fingerprint density at radius 1 is 1.26 bits per heavy atom. The Balaban J connectivity index is 2.09. The molecule has 0 spiro atoms. The highest BCUT2D eigenvalue weighted by molar-refractivity contribution is 5.78. The third-order valence-corrected chi connectivity index (χ3v) is 3.17. The molecule has 0 aliphatic carbocycles. The zero-order valence-corrected chi connectivity index (χ0v) is 10.7. The van der Waals surface area contributed by atoms with E-state index in [-0.39, 0.29) is 17.4 Å². The van der Waals surface area contributed by atoms with E-state index < -0.39 is 0 Å². The second-order valence-corrected chi connectivity index (χ2v) is 4.52. The van der Waals surface area contributed by atoms with E-state index in [1.54, 1.807) is 12.3 Å². The topological polar surface area (TPSA) is 38.3 Å². The molecule has 0 aliphatic rings. The number of hydrogen-bond acceptors (Lipinski definition) is 3. The minimum absolute atomic E-state index is 0.149. The molecular weight excluding hydrogens is 245 g/mol. The highest BCUT2D eigenvalue weighted by Gasteiger charge is 2.19. The average molecular weight is 259 g/mol. The van der Waals surface area contributed by atoms with Crippen LogP contribution in [0.1, 0.15) is 23.1 Å². The van der Waals surface area contributed by atoms with Crippen LogP contribution in [0.2, 0.25) is 0 Å². The van der Waals surface area contributed by atoms with Gasteiger partial charge < -0.3 is 14.2 Å². The van der Waals surface area contributed by atoms with Crippen molar-refractivity contribution in [1.29, 1.82) is 0 Å². The predicted octanol–water partition coefficient (Wildman–Crippen LogP) is 3.78. The fourth-order valence-corrected chi connectivity index (χ4v) is 2.28. The Hall–Kier alpha value is -2.07. The molecule has 0 amide bonds. The summed E-state index contributed by atoms with van der Waals surface area (Å²) in [6.07, 6.45) is 1.68. The maximum Gasteiger partial charge on any atom is 0.169 e. The van der Waals surface area contributed by atoms with Gasteiger partial charge >= 0.3 is 0 Å². The lowest BCUT2D eigenvalue weighted by Crippen LogP contribution is -2.16. The van der Waals surface area contributed by atoms with Gasteiger partial charge in [-0.05, 0) is 32.2 Å². The number of aryl methyl sites for hydroxylation is 1. The summed E-state index contributed by atoms with van der Waals surface area (Å²) in [5, 5.41) is 3.91. The van der Waals surface area contributed by atoms with Crippen LogP contribution in [0.3, 0.4) is 0 Å². The molecule has 1 N–H and O–H groups in total. The van der Waals surface area contributed by atoms with E-state index in [1.165, 1.54) is 6.07 Å². The predicted molar refractivity (Wildman–Crippen MR) is 70.5 cm³/mol. The van der Waals surface area contributed by atoms with Crippen LogP contribution in [0.15, 0.2) is 45.4 Å². The van der Waals surface area contributed by atoms with Crippen LogP contribution in [-0.4, -0.2) is 7.05 Å². The normalized spacial score (nSPS) is 13.0. The number of hydrogen-bond donors (Lipinski definition) is 1. The van der Waals surface area contributed by atoms with Crippen molar-refractivity contribution >= 4 is 11.0 Å². The van der Waals surface area contributed by atoms with E-state index in [4.69, 9.17) is 8.83 Å². The van der Waals surface area contributed by atoms with Crippen LogP contribution in [0.25, 0.3) is 11.0 Å². The summed E-state index contributed by atoms with van der Waals surface area (Å²) in [4.78, 5) is 0. The second kappa shape index (κ2) is 4.55. The molecule has 3 rings (SSSR count). The monoisotopic (exact) mass is 259 g/mol. The molecule has 1 aromatic carbocycles. The summed E-state index contributed by atoms with van der Waals surface area (Å²) < 4.78 is 24.6. The van der Waals surface area contributed by atoms with Gasteiger partial charge in [0.25, 0.3) is 0 Å². The third-order valence-electron chi connectivity index (χ3n) is 3.17. The Morgan fingerprint density at radius 2 is 2.11 bits per heavy atom. The number of rotatable bonds is 3. The maximum atomic E-state index is 13.6. The lowest BCUT2D eigenvalue weighted by atomic mass is 10.1. The van der Waals surface area contributed by atoms with Crippen molar-refractivity contribution in [2.24, 2.45) is 0 Å². The van der Waals surface area contributed by atoms with Gasteiger partial charge in [-0.25, -0.2) is 4.39 Å². The molecular formula is C15H14FNO2. The zero-order valence-electron chi connectivity index (χ0n) is 10.7. The molecule has 3 aromatic rings. The summed E-state index contributed by atoms with van der Waals surface area (Å²) in [5.74, 6) is 1.16. The molecule has 19 heavy (non-hydrogen) atoms. The van der Waals surface area contributed by atoms with Gasteiger partial charge in [0.2, 0.25) is 0 Å². The lowest BCUT2D eigenvalue weighted by Gasteiger charge is -2.10. The standard InChI is InChI=1S/C15H14FNO2/c1-9-6-11(8-18-9)14(17-2)13-7-10-4-3-5-12(16)15(10)19-13/h3-8,14,17H,1-2H3. The summed E-state index contributed by atoms with van der Waals surface area (Å²) in [5.41, 5.74) is 1.25. The van der Waals surface area contributed by atoms with Crippen molar-refractivity contribution in [3.8, 4) is 0 Å². The molecule has 0 bridgehead atoms. The fraction of sp³-hybridized carbons (Fsp3) is 0.200. The first-order valence-corrected chi connectivity index (χ1v) is 6.09. The Bertz CT molecular complexity index is 714. The smallest absolute Gasteiger partial charge is 0.169 e. The largest absolute Gasteiger partial charge is 0.469 e. The number of benzene rings is 1. The Kier molecular flexibility index (Phi) is 2.87. The summed E-state index contributed by atoms with van der Waals surface area (Å²) in [6, 6.07) is 8.54. The first kappa shape index (κ1) is 12.0. The molecule has 0 saturated heterocycles. The van der Waals surface area contributed by atoms with E-state index in [0.717, 1.165) is 16.7 Å². The highest BCUT2D eigenvalue weighted by Crippen LogP contribution is 2.30. The molecule has 3 nitrogen and oxygen atoms in total. The van der Waals surface area contributed by atoms with E-state index in [2.05, 4.69) is 5.32 Å². The summed E-state index contributed by atoms with van der Waals surface area (Å²) in [7, 11) is 1.83. The number of halogens is 1. The molecule has 2 heterocycles. The molecule has 0 saturated carbocycles. The van der Waals surface area contributed by atoms with Crippen molar-refractivity contribution in [2.75, 3.05) is 7.05 Å². The van der Waals surface area contributed by atoms with Crippen molar-refractivity contribution < 1.29 is 13.2 Å². The number of furan rings is 2. The van der Waals surface area contributed by atoms with Gasteiger partial charge in [-0.15, -0.1) is 0 Å². The van der Waals surface area contributed by atoms with Crippen LogP contribution < -0.4 is 5.32 Å². The van der Waals surface area contributed by atoms with Crippen LogP contribution in [-0.2, 0) is 0 Å². The number of nitrogens with one attached hydrogen (secondary N) is 1.